The maximum atomic E-state index is 13.8. The minimum atomic E-state index is -4.71. The van der Waals surface area contributed by atoms with Crippen molar-refractivity contribution < 1.29 is 23.1 Å². The molecule has 3 heterocycles. The Hall–Kier alpha value is -2.85. The number of nitrogens with zero attached hydrogens (tertiary/aromatic N) is 3. The predicted molar refractivity (Wildman–Crippen MR) is 128 cm³/mol. The molecular formula is C24H21ClF3N3O3S. The van der Waals surface area contributed by atoms with E-state index in [2.05, 4.69) is 0 Å². The highest BCUT2D eigenvalue weighted by atomic mass is 35.5. The number of hydrogen-bond acceptors (Lipinski definition) is 5. The molecule has 1 amide bonds. The highest BCUT2D eigenvalue weighted by molar-refractivity contribution is 8.02. The summed E-state index contributed by atoms with van der Waals surface area (Å²) < 4.78 is 42.6. The fourth-order valence-electron chi connectivity index (χ4n) is 4.70. The summed E-state index contributed by atoms with van der Waals surface area (Å²) in [5.74, 6) is -1.33. The molecule has 1 aliphatic carbocycles. The lowest BCUT2D eigenvalue weighted by atomic mass is 9.91. The second-order valence-corrected chi connectivity index (χ2v) is 10.2. The molecule has 184 valence electrons. The van der Waals surface area contributed by atoms with Gasteiger partial charge in [-0.15, -0.1) is 23.4 Å². The number of fused-ring (bicyclic) bond motifs is 2. The number of carbonyl (C=O) groups excluding carboxylic acids is 1. The van der Waals surface area contributed by atoms with Gasteiger partial charge in [-0.2, -0.15) is 13.2 Å². The zero-order valence-electron chi connectivity index (χ0n) is 18.5. The van der Waals surface area contributed by atoms with Crippen molar-refractivity contribution in [1.82, 2.24) is 9.58 Å². The molecule has 0 spiro atoms. The number of halogens is 4. The van der Waals surface area contributed by atoms with Gasteiger partial charge in [-0.05, 0) is 30.0 Å². The molecule has 0 saturated carbocycles. The van der Waals surface area contributed by atoms with Crippen LogP contribution in [-0.4, -0.2) is 44.9 Å². The van der Waals surface area contributed by atoms with Crippen molar-refractivity contribution in [3.8, 4) is 5.75 Å². The molecule has 3 unspecified atom stereocenters. The van der Waals surface area contributed by atoms with E-state index in [1.54, 1.807) is 16.8 Å². The van der Waals surface area contributed by atoms with Gasteiger partial charge in [0.05, 0.1) is 11.4 Å². The van der Waals surface area contributed by atoms with E-state index in [4.69, 9.17) is 11.6 Å². The van der Waals surface area contributed by atoms with E-state index in [1.807, 2.05) is 36.4 Å². The number of alkyl halides is 4. The molecule has 2 aliphatic heterocycles. The van der Waals surface area contributed by atoms with Crippen molar-refractivity contribution in [2.75, 3.05) is 11.7 Å². The number of pyridine rings is 1. The summed E-state index contributed by atoms with van der Waals surface area (Å²) in [6.45, 7) is 0.469. The number of rotatable bonds is 2. The Balaban J connectivity index is 1.77. The summed E-state index contributed by atoms with van der Waals surface area (Å²) in [5, 5.41) is 11.8. The van der Waals surface area contributed by atoms with Gasteiger partial charge < -0.3 is 10.0 Å². The van der Waals surface area contributed by atoms with Crippen LogP contribution < -0.4 is 10.4 Å². The first-order chi connectivity index (χ1) is 16.6. The van der Waals surface area contributed by atoms with Crippen LogP contribution in [0.3, 0.4) is 0 Å². The molecule has 1 N–H and O–H groups in total. The molecule has 0 fully saturated rings. The Bertz CT molecular complexity index is 1320. The number of allylic oxidation sites excluding steroid dienone is 2. The number of amides is 1. The van der Waals surface area contributed by atoms with Gasteiger partial charge in [0.15, 0.2) is 11.4 Å². The number of thioether (sulfide) groups is 1. The van der Waals surface area contributed by atoms with Crippen LogP contribution in [0, 0.1) is 0 Å². The molecule has 0 saturated heterocycles. The van der Waals surface area contributed by atoms with Crippen LogP contribution in [0.5, 0.6) is 5.75 Å². The fourth-order valence-corrected chi connectivity index (χ4v) is 6.31. The first-order valence-electron chi connectivity index (χ1n) is 10.9. The zero-order valence-corrected chi connectivity index (χ0v) is 20.1. The number of benzene rings is 1. The minimum Gasteiger partial charge on any atom is -0.502 e. The summed E-state index contributed by atoms with van der Waals surface area (Å²) in [6, 6.07) is 5.92. The lowest BCUT2D eigenvalue weighted by molar-refractivity contribution is -0.173. The molecular weight excluding hydrogens is 503 g/mol. The van der Waals surface area contributed by atoms with E-state index < -0.39 is 47.7 Å². The lowest BCUT2D eigenvalue weighted by Crippen LogP contribution is -2.60. The van der Waals surface area contributed by atoms with Crippen LogP contribution in [0.15, 0.2) is 64.0 Å². The summed E-state index contributed by atoms with van der Waals surface area (Å²) in [7, 11) is 0. The van der Waals surface area contributed by atoms with Gasteiger partial charge in [-0.25, -0.2) is 0 Å². The number of carbonyl (C=O) groups is 1. The molecule has 1 aromatic heterocycles. The largest absolute Gasteiger partial charge is 0.502 e. The molecule has 3 aliphatic rings. The second-order valence-electron chi connectivity index (χ2n) is 8.61. The average Bonchev–Trinajstić information content (AvgIpc) is 2.98. The van der Waals surface area contributed by atoms with Crippen molar-refractivity contribution in [3.63, 3.8) is 0 Å². The van der Waals surface area contributed by atoms with Crippen molar-refractivity contribution in [1.29, 1.82) is 0 Å². The van der Waals surface area contributed by atoms with Gasteiger partial charge in [-0.1, -0.05) is 36.4 Å². The first kappa shape index (κ1) is 23.9. The summed E-state index contributed by atoms with van der Waals surface area (Å²) in [4.78, 5) is 26.9. The van der Waals surface area contributed by atoms with Crippen LogP contribution in [0.1, 0.15) is 41.0 Å². The standard InChI is InChI=1S/C24H21ClF3N3O3S/c1-13(24(26,27)28)29-12-31(30-10-9-18(32)21(33)20(30)23(29)34)19-15-6-3-2-5-14(15)11-35-22-16(19)7-4-8-17(22)25/h2-7,9-10,13,17,19,33H,8,11-12H2,1H3. The third kappa shape index (κ3) is 3.92. The Morgan fingerprint density at radius 1 is 1.20 bits per heavy atom. The third-order valence-electron chi connectivity index (χ3n) is 6.57. The molecule has 2 aromatic rings. The molecule has 0 radical (unpaired) electrons. The van der Waals surface area contributed by atoms with Gasteiger partial charge in [-0.3, -0.25) is 19.3 Å². The highest BCUT2D eigenvalue weighted by Crippen LogP contribution is 2.47. The zero-order chi connectivity index (χ0) is 25.1. The van der Waals surface area contributed by atoms with Crippen LogP contribution >= 0.6 is 23.4 Å². The van der Waals surface area contributed by atoms with Crippen LogP contribution in [0.2, 0.25) is 0 Å². The maximum Gasteiger partial charge on any atom is 0.408 e. The molecule has 35 heavy (non-hydrogen) atoms. The second kappa shape index (κ2) is 8.67. The number of aromatic nitrogens is 1. The molecule has 0 bridgehead atoms. The third-order valence-corrected chi connectivity index (χ3v) is 8.38. The summed E-state index contributed by atoms with van der Waals surface area (Å²) in [5.41, 5.74) is 1.29. The Kier molecular flexibility index (Phi) is 5.91. The molecule has 6 nitrogen and oxygen atoms in total. The van der Waals surface area contributed by atoms with Crippen LogP contribution in [0.4, 0.5) is 13.2 Å². The Labute approximate surface area is 208 Å². The highest BCUT2D eigenvalue weighted by Gasteiger charge is 2.48. The quantitative estimate of drug-likeness (QED) is 0.580. The van der Waals surface area contributed by atoms with E-state index in [0.717, 1.165) is 34.6 Å². The number of hydrogen-bond donors (Lipinski definition) is 1. The molecule has 1 aromatic carbocycles. The minimum absolute atomic E-state index is 0.296. The molecule has 5 rings (SSSR count). The fraction of sp³-hybridized carbons (Fsp3) is 0.333. The monoisotopic (exact) mass is 523 g/mol. The Morgan fingerprint density at radius 3 is 2.69 bits per heavy atom. The Morgan fingerprint density at radius 2 is 1.94 bits per heavy atom. The topological polar surface area (TPSA) is 65.8 Å². The first-order valence-corrected chi connectivity index (χ1v) is 12.4. The lowest BCUT2D eigenvalue weighted by Gasteiger charge is -2.46. The van der Waals surface area contributed by atoms with Crippen molar-refractivity contribution in [2.45, 2.75) is 42.7 Å². The van der Waals surface area contributed by atoms with E-state index >= 15 is 0 Å². The normalized spacial score (nSPS) is 22.9. The number of aromatic hydroxyl groups is 1. The van der Waals surface area contributed by atoms with E-state index in [0.29, 0.717) is 17.1 Å². The van der Waals surface area contributed by atoms with Crippen LogP contribution in [0.25, 0.3) is 0 Å². The SMILES string of the molecule is CC(N1CN(C2C3=C(SCc4ccccc42)C(Cl)CC=C3)n2ccc(=O)c(O)c2C1=O)C(F)(F)F. The summed E-state index contributed by atoms with van der Waals surface area (Å²) >= 11 is 8.25. The van der Waals surface area contributed by atoms with E-state index in [9.17, 15) is 27.9 Å². The van der Waals surface area contributed by atoms with Crippen molar-refractivity contribution in [3.05, 3.63) is 86.2 Å². The van der Waals surface area contributed by atoms with Crippen molar-refractivity contribution >= 4 is 29.3 Å². The van der Waals surface area contributed by atoms with Gasteiger partial charge in [0, 0.05) is 22.9 Å². The van der Waals surface area contributed by atoms with Gasteiger partial charge in [0.1, 0.15) is 12.7 Å². The predicted octanol–water partition coefficient (Wildman–Crippen LogP) is 4.67. The molecule has 11 heteroatoms. The smallest absolute Gasteiger partial charge is 0.408 e. The maximum absolute atomic E-state index is 13.8. The van der Waals surface area contributed by atoms with E-state index in [1.165, 1.54) is 10.9 Å². The molecule has 3 atom stereocenters. The van der Waals surface area contributed by atoms with Gasteiger partial charge in [0.25, 0.3) is 5.91 Å². The van der Waals surface area contributed by atoms with Gasteiger partial charge in [0.2, 0.25) is 5.43 Å². The summed E-state index contributed by atoms with van der Waals surface area (Å²) in [6.07, 6.45) is 1.07. The van der Waals surface area contributed by atoms with Crippen molar-refractivity contribution in [2.24, 2.45) is 0 Å². The average molecular weight is 524 g/mol. The van der Waals surface area contributed by atoms with Gasteiger partial charge >= 0.3 is 6.18 Å². The van der Waals surface area contributed by atoms with Crippen LogP contribution in [-0.2, 0) is 5.75 Å². The van der Waals surface area contributed by atoms with E-state index in [-0.39, 0.29) is 5.38 Å².